The van der Waals surface area contributed by atoms with Gasteiger partial charge in [0.1, 0.15) is 47.0 Å². The van der Waals surface area contributed by atoms with Crippen molar-refractivity contribution in [1.29, 1.82) is 0 Å². The lowest BCUT2D eigenvalue weighted by Gasteiger charge is -2.23. The van der Waals surface area contributed by atoms with Crippen molar-refractivity contribution >= 4 is 42.9 Å². The summed E-state index contributed by atoms with van der Waals surface area (Å²) in [5.41, 5.74) is -0.267. The normalized spacial score (nSPS) is 22.4. The van der Waals surface area contributed by atoms with Crippen LogP contribution in [-0.4, -0.2) is 116 Å². The second kappa shape index (κ2) is 19.1. The Morgan fingerprint density at radius 1 is 0.645 bits per heavy atom. The summed E-state index contributed by atoms with van der Waals surface area (Å²) in [4.78, 5) is 16.6. The number of nitrogens with zero attached hydrogens (tertiary/aromatic N) is 10. The maximum absolute atomic E-state index is 13.3. The molecule has 22 heteroatoms. The van der Waals surface area contributed by atoms with Crippen LogP contribution in [0.3, 0.4) is 0 Å². The van der Waals surface area contributed by atoms with Gasteiger partial charge in [-0.3, -0.25) is 0 Å². The lowest BCUT2D eigenvalue weighted by atomic mass is 10.1. The standard InChI is InChI=1S/2C20H28ClN5O4S/c2*1-13(18(29-3)19-22-10-14(21)11-23-19)31(27,28)12-17-25-24-16(9-15-5-4-8-30-15)26(17)20(2)6-7-20/h2*10-11,13,15,18H,4-9,12H2,1-3H3/t13-,15+,18-;13-,15-,18-/m00/s1. The summed E-state index contributed by atoms with van der Waals surface area (Å²) < 4.78 is 79.8. The van der Waals surface area contributed by atoms with E-state index in [0.717, 1.165) is 76.2 Å². The van der Waals surface area contributed by atoms with Crippen molar-refractivity contribution in [3.8, 4) is 0 Å². The highest BCUT2D eigenvalue weighted by molar-refractivity contribution is 7.91. The minimum absolute atomic E-state index is 0.119. The molecule has 2 saturated carbocycles. The zero-order valence-corrected chi connectivity index (χ0v) is 39.1. The lowest BCUT2D eigenvalue weighted by Crippen LogP contribution is -2.31. The van der Waals surface area contributed by atoms with Gasteiger partial charge < -0.3 is 28.1 Å². The highest BCUT2D eigenvalue weighted by Crippen LogP contribution is 2.46. The van der Waals surface area contributed by atoms with Crippen LogP contribution in [0.4, 0.5) is 0 Å². The molecule has 4 aromatic rings. The number of rotatable bonds is 18. The summed E-state index contributed by atoms with van der Waals surface area (Å²) in [7, 11) is -4.40. The van der Waals surface area contributed by atoms with Crippen LogP contribution in [0.5, 0.6) is 0 Å². The number of halogens is 2. The fourth-order valence-corrected chi connectivity index (χ4v) is 11.2. The lowest BCUT2D eigenvalue weighted by molar-refractivity contribution is 0.0947. The molecule has 62 heavy (non-hydrogen) atoms. The molecule has 0 unspecified atom stereocenters. The average molecular weight is 940 g/mol. The molecule has 18 nitrogen and oxygen atoms in total. The molecule has 2 aliphatic heterocycles. The number of ether oxygens (including phenoxy) is 4. The Morgan fingerprint density at radius 2 is 0.984 bits per heavy atom. The van der Waals surface area contributed by atoms with Gasteiger partial charge in [0.05, 0.1) is 32.8 Å². The summed E-state index contributed by atoms with van der Waals surface area (Å²) in [6, 6.07) is 0. The molecule has 8 rings (SSSR count). The quantitative estimate of drug-likeness (QED) is 0.124. The number of hydrogen-bond donors (Lipinski definition) is 0. The summed E-state index contributed by atoms with van der Waals surface area (Å²) in [6.07, 6.45) is 13.6. The summed E-state index contributed by atoms with van der Waals surface area (Å²) >= 11 is 11.7. The summed E-state index contributed by atoms with van der Waals surface area (Å²) in [5, 5.41) is 16.3. The van der Waals surface area contributed by atoms with Gasteiger partial charge in [-0.15, -0.1) is 20.4 Å². The molecule has 0 spiro atoms. The van der Waals surface area contributed by atoms with Gasteiger partial charge in [0.2, 0.25) is 0 Å². The molecule has 340 valence electrons. The van der Waals surface area contributed by atoms with E-state index in [4.69, 9.17) is 42.1 Å². The highest BCUT2D eigenvalue weighted by atomic mass is 35.5. The van der Waals surface area contributed by atoms with E-state index in [1.807, 2.05) is 9.13 Å². The third kappa shape index (κ3) is 10.6. The van der Waals surface area contributed by atoms with Gasteiger partial charge in [0, 0.05) is 76.1 Å². The minimum atomic E-state index is -3.64. The van der Waals surface area contributed by atoms with Crippen LogP contribution in [0.25, 0.3) is 0 Å². The zero-order valence-electron chi connectivity index (χ0n) is 36.0. The van der Waals surface area contributed by atoms with Crippen LogP contribution in [0.1, 0.15) is 126 Å². The second-order valence-corrected chi connectivity index (χ2v) is 22.9. The molecule has 4 aromatic heterocycles. The molecule has 0 amide bonds. The molecule has 4 fully saturated rings. The Balaban J connectivity index is 0.000000186. The van der Waals surface area contributed by atoms with Gasteiger partial charge >= 0.3 is 0 Å². The van der Waals surface area contributed by atoms with Crippen molar-refractivity contribution in [2.24, 2.45) is 0 Å². The first-order valence-corrected chi connectivity index (χ1v) is 25.2. The SMILES string of the molecule is CO[C@H](c1ncc(Cl)cn1)[C@H](C)S(=O)(=O)Cc1nnc(C[C@@H]2CCCO2)n1C1(C)CC1.CO[C@H](c1ncc(Cl)cn1)[C@H](C)S(=O)(=O)Cc1nnc(C[C@H]2CCCO2)n1C1(C)CC1. The van der Waals surface area contributed by atoms with Crippen LogP contribution in [0.15, 0.2) is 24.8 Å². The van der Waals surface area contributed by atoms with Crippen molar-refractivity contribution in [3.05, 3.63) is 69.8 Å². The van der Waals surface area contributed by atoms with E-state index in [2.05, 4.69) is 54.2 Å². The van der Waals surface area contributed by atoms with Crippen LogP contribution < -0.4 is 0 Å². The van der Waals surface area contributed by atoms with Gasteiger partial charge in [-0.05, 0) is 79.1 Å². The van der Waals surface area contributed by atoms with Gasteiger partial charge in [0.15, 0.2) is 31.3 Å². The molecule has 6 atom stereocenters. The van der Waals surface area contributed by atoms with Crippen molar-refractivity contribution in [2.75, 3.05) is 27.4 Å². The van der Waals surface area contributed by atoms with E-state index in [0.29, 0.717) is 34.5 Å². The number of hydrogen-bond acceptors (Lipinski definition) is 16. The topological polar surface area (TPSA) is 218 Å². The Labute approximate surface area is 373 Å². The van der Waals surface area contributed by atoms with E-state index in [1.54, 1.807) is 13.8 Å². The van der Waals surface area contributed by atoms with Crippen LogP contribution in [0, 0.1) is 0 Å². The van der Waals surface area contributed by atoms with Crippen molar-refractivity contribution in [1.82, 2.24) is 49.5 Å². The highest BCUT2D eigenvalue weighted by Gasteiger charge is 2.46. The third-order valence-corrected chi connectivity index (χ3v) is 16.9. The fourth-order valence-electron chi connectivity index (χ4n) is 8.18. The zero-order chi connectivity index (χ0) is 44.5. The van der Waals surface area contributed by atoms with E-state index in [1.165, 1.54) is 39.0 Å². The van der Waals surface area contributed by atoms with Crippen molar-refractivity contribution < 1.29 is 35.8 Å². The largest absolute Gasteiger partial charge is 0.378 e. The molecular weight excluding hydrogens is 884 g/mol. The van der Waals surface area contributed by atoms with Crippen LogP contribution >= 0.6 is 23.2 Å². The molecule has 0 radical (unpaired) electrons. The molecule has 2 aliphatic carbocycles. The second-order valence-electron chi connectivity index (χ2n) is 17.3. The Hall–Kier alpha value is -3.24. The molecule has 4 aliphatic rings. The predicted molar refractivity (Wildman–Crippen MR) is 229 cm³/mol. The molecule has 0 aromatic carbocycles. The predicted octanol–water partition coefficient (Wildman–Crippen LogP) is 5.29. The monoisotopic (exact) mass is 938 g/mol. The average Bonchev–Trinajstić information content (AvgIpc) is 3.73. The van der Waals surface area contributed by atoms with Crippen LogP contribution in [-0.2, 0) is 74.0 Å². The number of methoxy groups -OCH3 is 2. The van der Waals surface area contributed by atoms with Gasteiger partial charge in [-0.2, -0.15) is 0 Å². The summed E-state index contributed by atoms with van der Waals surface area (Å²) in [5.74, 6) is 2.63. The van der Waals surface area contributed by atoms with Crippen LogP contribution in [0.2, 0.25) is 10.0 Å². The molecule has 0 bridgehead atoms. The van der Waals surface area contributed by atoms with E-state index in [-0.39, 0.29) is 46.4 Å². The van der Waals surface area contributed by atoms with Gasteiger partial charge in [-0.1, -0.05) is 23.2 Å². The maximum Gasteiger partial charge on any atom is 0.163 e. The Kier molecular flexibility index (Phi) is 14.4. The smallest absolute Gasteiger partial charge is 0.163 e. The number of aromatic nitrogens is 10. The molecular formula is C40H56Cl2N10O8S2. The first-order valence-electron chi connectivity index (χ1n) is 21.0. The van der Waals surface area contributed by atoms with E-state index >= 15 is 0 Å². The molecule has 6 heterocycles. The molecule has 2 saturated heterocycles. The summed E-state index contributed by atoms with van der Waals surface area (Å²) in [6.45, 7) is 8.98. The van der Waals surface area contributed by atoms with Gasteiger partial charge in [-0.25, -0.2) is 36.8 Å². The molecule has 0 N–H and O–H groups in total. The van der Waals surface area contributed by atoms with Crippen molar-refractivity contribution in [3.63, 3.8) is 0 Å². The Bertz CT molecular complexity index is 2200. The maximum atomic E-state index is 13.3. The Morgan fingerprint density at radius 3 is 1.27 bits per heavy atom. The first-order chi connectivity index (χ1) is 29.5. The fraction of sp³-hybridized carbons (Fsp3) is 0.700. The van der Waals surface area contributed by atoms with Gasteiger partial charge in [0.25, 0.3) is 0 Å². The third-order valence-electron chi connectivity index (χ3n) is 12.4. The minimum Gasteiger partial charge on any atom is -0.378 e. The van der Waals surface area contributed by atoms with E-state index < -0.39 is 42.4 Å². The van der Waals surface area contributed by atoms with Crippen molar-refractivity contribution in [2.45, 2.75) is 149 Å². The van der Waals surface area contributed by atoms with E-state index in [9.17, 15) is 16.8 Å². The number of sulfone groups is 2. The first kappa shape index (κ1) is 46.7.